The van der Waals surface area contributed by atoms with Crippen LogP contribution in [0.5, 0.6) is 0 Å². The normalized spacial score (nSPS) is 23.0. The number of anilines is 1. The first-order valence-corrected chi connectivity index (χ1v) is 7.92. The minimum absolute atomic E-state index is 0.0137. The van der Waals surface area contributed by atoms with E-state index in [9.17, 15) is 4.79 Å². The van der Waals surface area contributed by atoms with Crippen LogP contribution in [-0.2, 0) is 6.54 Å². The van der Waals surface area contributed by atoms with Gasteiger partial charge in [-0.1, -0.05) is 40.0 Å². The molecular weight excluding hydrogens is 250 g/mol. The van der Waals surface area contributed by atoms with E-state index in [1.165, 1.54) is 19.3 Å². The average molecular weight is 277 g/mol. The van der Waals surface area contributed by atoms with Gasteiger partial charge in [0.1, 0.15) is 0 Å². The van der Waals surface area contributed by atoms with Gasteiger partial charge in [-0.05, 0) is 24.7 Å². The monoisotopic (exact) mass is 277 g/mol. The number of nitrogens with zero attached hydrogens (tertiary/aromatic N) is 2. The Balaban J connectivity index is 2.07. The minimum atomic E-state index is 0.0137. The van der Waals surface area contributed by atoms with Gasteiger partial charge in [-0.3, -0.25) is 4.79 Å². The van der Waals surface area contributed by atoms with Crippen molar-refractivity contribution < 1.29 is 0 Å². The number of nitrogens with one attached hydrogen (secondary N) is 1. The summed E-state index contributed by atoms with van der Waals surface area (Å²) in [5, 5.41) is 3.38. The standard InChI is InChI=1S/C16H27N3O/c1-4-13-6-5-7-14(10-13)18-15-16(20)19(9-8-17-15)11-12(2)3/h8-9,12-14H,4-7,10-11H2,1-3H3,(H,17,18). The summed E-state index contributed by atoms with van der Waals surface area (Å²) in [6.07, 6.45) is 9.64. The fourth-order valence-corrected chi connectivity index (χ4v) is 3.07. The van der Waals surface area contributed by atoms with E-state index in [-0.39, 0.29) is 5.56 Å². The van der Waals surface area contributed by atoms with Crippen molar-refractivity contribution in [1.29, 1.82) is 0 Å². The Bertz CT molecular complexity index is 481. The molecule has 0 aromatic carbocycles. The fraction of sp³-hybridized carbons (Fsp3) is 0.750. The van der Waals surface area contributed by atoms with Crippen LogP contribution in [0.15, 0.2) is 17.2 Å². The van der Waals surface area contributed by atoms with Crippen LogP contribution in [0.1, 0.15) is 52.9 Å². The van der Waals surface area contributed by atoms with Gasteiger partial charge in [-0.25, -0.2) is 4.98 Å². The van der Waals surface area contributed by atoms with Gasteiger partial charge in [-0.2, -0.15) is 0 Å². The molecule has 1 aliphatic rings. The summed E-state index contributed by atoms with van der Waals surface area (Å²) in [7, 11) is 0. The first kappa shape index (κ1) is 15.1. The lowest BCUT2D eigenvalue weighted by Crippen LogP contribution is -2.33. The molecule has 1 aliphatic carbocycles. The topological polar surface area (TPSA) is 46.9 Å². The van der Waals surface area contributed by atoms with Gasteiger partial charge in [-0.15, -0.1) is 0 Å². The van der Waals surface area contributed by atoms with Gasteiger partial charge in [0, 0.05) is 25.0 Å². The summed E-state index contributed by atoms with van der Waals surface area (Å²) in [6, 6.07) is 0.406. The first-order valence-electron chi connectivity index (χ1n) is 7.92. The van der Waals surface area contributed by atoms with Crippen molar-refractivity contribution in [2.45, 2.75) is 65.5 Å². The Morgan fingerprint density at radius 1 is 1.45 bits per heavy atom. The van der Waals surface area contributed by atoms with E-state index in [2.05, 4.69) is 31.1 Å². The number of rotatable bonds is 5. The highest BCUT2D eigenvalue weighted by Crippen LogP contribution is 2.27. The van der Waals surface area contributed by atoms with Crippen molar-refractivity contribution in [2.24, 2.45) is 11.8 Å². The molecule has 1 N–H and O–H groups in total. The molecule has 1 aromatic heterocycles. The molecular formula is C16H27N3O. The maximum atomic E-state index is 12.4. The van der Waals surface area contributed by atoms with E-state index >= 15 is 0 Å². The number of aromatic nitrogens is 2. The number of hydrogen-bond donors (Lipinski definition) is 1. The number of hydrogen-bond acceptors (Lipinski definition) is 3. The van der Waals surface area contributed by atoms with E-state index in [0.29, 0.717) is 17.8 Å². The third-order valence-corrected chi connectivity index (χ3v) is 4.18. The zero-order valence-electron chi connectivity index (χ0n) is 12.9. The third kappa shape index (κ3) is 3.84. The molecule has 4 heteroatoms. The lowest BCUT2D eigenvalue weighted by atomic mass is 9.84. The molecule has 1 aromatic rings. The smallest absolute Gasteiger partial charge is 0.293 e. The fourth-order valence-electron chi connectivity index (χ4n) is 3.07. The Morgan fingerprint density at radius 2 is 2.25 bits per heavy atom. The van der Waals surface area contributed by atoms with Crippen LogP contribution in [0.4, 0.5) is 5.82 Å². The lowest BCUT2D eigenvalue weighted by molar-refractivity contribution is 0.326. The van der Waals surface area contributed by atoms with Crippen LogP contribution >= 0.6 is 0 Å². The molecule has 0 radical (unpaired) electrons. The van der Waals surface area contributed by atoms with Crippen LogP contribution in [0.25, 0.3) is 0 Å². The molecule has 2 unspecified atom stereocenters. The summed E-state index contributed by atoms with van der Waals surface area (Å²) < 4.78 is 1.76. The molecule has 2 atom stereocenters. The molecule has 0 bridgehead atoms. The minimum Gasteiger partial charge on any atom is -0.363 e. The van der Waals surface area contributed by atoms with Crippen molar-refractivity contribution in [3.8, 4) is 0 Å². The first-order chi connectivity index (χ1) is 9.60. The highest BCUT2D eigenvalue weighted by Gasteiger charge is 2.21. The average Bonchev–Trinajstić information content (AvgIpc) is 2.43. The Kier molecular flexibility index (Phi) is 5.21. The molecule has 4 nitrogen and oxygen atoms in total. The SMILES string of the molecule is CCC1CCCC(Nc2nccn(CC(C)C)c2=O)C1. The molecule has 0 aliphatic heterocycles. The zero-order valence-corrected chi connectivity index (χ0v) is 12.9. The molecule has 20 heavy (non-hydrogen) atoms. The molecule has 0 saturated heterocycles. The predicted molar refractivity (Wildman–Crippen MR) is 83.0 cm³/mol. The molecule has 112 valence electrons. The van der Waals surface area contributed by atoms with Crippen LogP contribution in [0, 0.1) is 11.8 Å². The van der Waals surface area contributed by atoms with Crippen molar-refractivity contribution in [3.05, 3.63) is 22.7 Å². The van der Waals surface area contributed by atoms with Crippen molar-refractivity contribution in [3.63, 3.8) is 0 Å². The van der Waals surface area contributed by atoms with E-state index in [1.807, 2.05) is 0 Å². The second kappa shape index (κ2) is 6.91. The molecule has 0 amide bonds. The summed E-state index contributed by atoms with van der Waals surface area (Å²) in [5.74, 6) is 1.78. The van der Waals surface area contributed by atoms with Gasteiger partial charge >= 0.3 is 0 Å². The zero-order chi connectivity index (χ0) is 14.5. The van der Waals surface area contributed by atoms with Crippen LogP contribution in [-0.4, -0.2) is 15.6 Å². The summed E-state index contributed by atoms with van der Waals surface area (Å²) in [5.41, 5.74) is 0.0137. The van der Waals surface area contributed by atoms with Crippen molar-refractivity contribution >= 4 is 5.82 Å². The highest BCUT2D eigenvalue weighted by molar-refractivity contribution is 5.32. The van der Waals surface area contributed by atoms with Crippen LogP contribution < -0.4 is 10.9 Å². The van der Waals surface area contributed by atoms with Gasteiger partial charge in [0.15, 0.2) is 5.82 Å². The second-order valence-corrected chi connectivity index (χ2v) is 6.41. The lowest BCUT2D eigenvalue weighted by Gasteiger charge is -2.29. The Hall–Kier alpha value is -1.32. The molecule has 1 saturated carbocycles. The van der Waals surface area contributed by atoms with E-state index in [4.69, 9.17) is 0 Å². The molecule has 1 heterocycles. The van der Waals surface area contributed by atoms with E-state index in [0.717, 1.165) is 25.3 Å². The van der Waals surface area contributed by atoms with E-state index in [1.54, 1.807) is 17.0 Å². The van der Waals surface area contributed by atoms with Gasteiger partial charge in [0.2, 0.25) is 0 Å². The van der Waals surface area contributed by atoms with Crippen LogP contribution in [0.3, 0.4) is 0 Å². The van der Waals surface area contributed by atoms with Crippen molar-refractivity contribution in [1.82, 2.24) is 9.55 Å². The third-order valence-electron chi connectivity index (χ3n) is 4.18. The van der Waals surface area contributed by atoms with Gasteiger partial charge < -0.3 is 9.88 Å². The molecule has 0 spiro atoms. The Morgan fingerprint density at radius 3 is 2.95 bits per heavy atom. The van der Waals surface area contributed by atoms with Gasteiger partial charge in [0.05, 0.1) is 0 Å². The second-order valence-electron chi connectivity index (χ2n) is 6.41. The van der Waals surface area contributed by atoms with Crippen LogP contribution in [0.2, 0.25) is 0 Å². The largest absolute Gasteiger partial charge is 0.363 e. The summed E-state index contributed by atoms with van der Waals surface area (Å²) in [4.78, 5) is 16.6. The molecule has 2 rings (SSSR count). The molecule has 1 fully saturated rings. The highest BCUT2D eigenvalue weighted by atomic mass is 16.1. The Labute approximate surface area is 121 Å². The summed E-state index contributed by atoms with van der Waals surface area (Å²) in [6.45, 7) is 7.24. The van der Waals surface area contributed by atoms with Gasteiger partial charge in [0.25, 0.3) is 5.56 Å². The summed E-state index contributed by atoms with van der Waals surface area (Å²) >= 11 is 0. The maximum Gasteiger partial charge on any atom is 0.293 e. The van der Waals surface area contributed by atoms with Crippen molar-refractivity contribution in [2.75, 3.05) is 5.32 Å². The predicted octanol–water partition coefficient (Wildman–Crippen LogP) is 3.28. The van der Waals surface area contributed by atoms with E-state index < -0.39 is 0 Å². The quantitative estimate of drug-likeness (QED) is 0.898. The maximum absolute atomic E-state index is 12.4.